The fraction of sp³-hybridized carbons (Fsp3) is 0.442. The van der Waals surface area contributed by atoms with Crippen LogP contribution in [-0.4, -0.2) is 90.3 Å². The van der Waals surface area contributed by atoms with Crippen molar-refractivity contribution < 1.29 is 38.5 Å². The van der Waals surface area contributed by atoms with E-state index in [-0.39, 0.29) is 50.1 Å². The highest BCUT2D eigenvalue weighted by Crippen LogP contribution is 2.55. The lowest BCUT2D eigenvalue weighted by molar-refractivity contribution is -0.164. The van der Waals surface area contributed by atoms with E-state index in [0.29, 0.717) is 53.7 Å². The Morgan fingerprint density at radius 1 is 0.879 bits per heavy atom. The Morgan fingerprint density at radius 3 is 2.15 bits per heavy atom. The summed E-state index contributed by atoms with van der Waals surface area (Å²) >= 11 is 6.23. The quantitative estimate of drug-likeness (QED) is 0.0737. The number of rotatable bonds is 18. The Bertz CT molecular complexity index is 2360. The molecule has 1 saturated heterocycles. The largest absolute Gasteiger partial charge is 0.494 e. The summed E-state index contributed by atoms with van der Waals surface area (Å²) in [5.74, 6) is -0.295. The van der Waals surface area contributed by atoms with Crippen molar-refractivity contribution in [3.63, 3.8) is 0 Å². The predicted octanol–water partition coefficient (Wildman–Crippen LogP) is 7.48. The summed E-state index contributed by atoms with van der Waals surface area (Å²) in [6.07, 6.45) is 0.271. The first-order valence-electron chi connectivity index (χ1n) is 22.5. The smallest absolute Gasteiger partial charge is 0.251 e. The molecule has 0 radical (unpaired) electrons. The molecule has 4 aromatic carbocycles. The van der Waals surface area contributed by atoms with Crippen molar-refractivity contribution in [2.24, 2.45) is 16.2 Å². The third-order valence-electron chi connectivity index (χ3n) is 12.5. The summed E-state index contributed by atoms with van der Waals surface area (Å²) in [7, 11) is 0. The van der Waals surface area contributed by atoms with Crippen molar-refractivity contribution in [2.45, 2.75) is 105 Å². The molecule has 0 unspecified atom stereocenters. The van der Waals surface area contributed by atoms with Crippen LogP contribution in [0.25, 0.3) is 11.1 Å². The Kier molecular flexibility index (Phi) is 15.8. The number of amides is 4. The van der Waals surface area contributed by atoms with E-state index in [4.69, 9.17) is 25.8 Å². The number of aliphatic hydroxyl groups excluding tert-OH is 1. The van der Waals surface area contributed by atoms with Gasteiger partial charge in [0, 0.05) is 54.6 Å². The molecule has 0 spiro atoms. The van der Waals surface area contributed by atoms with Gasteiger partial charge in [-0.2, -0.15) is 5.26 Å². The number of β-amino-alcohol motifs (C(OH)–C–C–N with tert-alkyl or cyclic N) is 1. The number of hydrogen-bond acceptors (Lipinski definition) is 9. The van der Waals surface area contributed by atoms with Crippen LogP contribution in [0.2, 0.25) is 5.02 Å². The fourth-order valence-electron chi connectivity index (χ4n) is 9.25. The van der Waals surface area contributed by atoms with Crippen LogP contribution in [0.4, 0.5) is 0 Å². The van der Waals surface area contributed by atoms with Gasteiger partial charge >= 0.3 is 0 Å². The summed E-state index contributed by atoms with van der Waals surface area (Å²) in [6.45, 7) is 14.4. The second kappa shape index (κ2) is 21.1. The first-order valence-corrected chi connectivity index (χ1v) is 22.8. The van der Waals surface area contributed by atoms with Gasteiger partial charge in [0.15, 0.2) is 0 Å². The van der Waals surface area contributed by atoms with Gasteiger partial charge in [0.1, 0.15) is 42.4 Å². The van der Waals surface area contributed by atoms with Gasteiger partial charge in [0.05, 0.1) is 23.3 Å². The van der Waals surface area contributed by atoms with Crippen molar-refractivity contribution in [3.05, 3.63) is 119 Å². The number of nitriles is 1. The van der Waals surface area contributed by atoms with E-state index >= 15 is 0 Å². The number of likely N-dealkylation sites (tertiary alicyclic amines) is 1. The van der Waals surface area contributed by atoms with Crippen LogP contribution in [0.1, 0.15) is 89.2 Å². The van der Waals surface area contributed by atoms with Gasteiger partial charge in [-0.15, -0.1) is 0 Å². The molecule has 4 N–H and O–H groups in total. The number of aliphatic hydroxyl groups is 1. The van der Waals surface area contributed by atoms with Gasteiger partial charge in [0.2, 0.25) is 17.7 Å². The van der Waals surface area contributed by atoms with Gasteiger partial charge in [-0.3, -0.25) is 19.2 Å². The Hall–Kier alpha value is -5.94. The average molecular weight is 921 g/mol. The van der Waals surface area contributed by atoms with Crippen LogP contribution >= 0.6 is 11.6 Å². The summed E-state index contributed by atoms with van der Waals surface area (Å²) in [5, 5.41) is 29.0. The number of hydrogen-bond donors (Lipinski definition) is 4. The molecule has 66 heavy (non-hydrogen) atoms. The van der Waals surface area contributed by atoms with Crippen LogP contribution in [0.15, 0.2) is 97.1 Å². The highest BCUT2D eigenvalue weighted by molar-refractivity contribution is 6.31. The van der Waals surface area contributed by atoms with E-state index in [9.17, 15) is 29.5 Å². The number of nitrogens with zero attached hydrogens (tertiary/aromatic N) is 2. The minimum Gasteiger partial charge on any atom is -0.494 e. The fourth-order valence-corrected chi connectivity index (χ4v) is 9.46. The summed E-state index contributed by atoms with van der Waals surface area (Å²) < 4.78 is 17.9. The number of nitrogens with one attached hydrogen (secondary N) is 3. The van der Waals surface area contributed by atoms with Crippen LogP contribution in [0.5, 0.6) is 11.5 Å². The maximum atomic E-state index is 14.0. The highest BCUT2D eigenvalue weighted by atomic mass is 35.5. The van der Waals surface area contributed by atoms with Crippen LogP contribution in [-0.2, 0) is 25.7 Å². The zero-order chi connectivity index (χ0) is 47.8. The molecule has 1 aliphatic carbocycles. The molecule has 2 aliphatic rings. The lowest BCUT2D eigenvalue weighted by atomic mass is 9.49. The SMILES string of the molecule is CC(C)(C)[C@H](NC(=O)COCCCCOc1ccc(C(=O)N[C@H]2C(C)(C)[C@H](Oc3ccc(C#N)c(Cl)c3)C2(C)C)cc1)C(=O)N1C[C@H](O)C[C@H]1C(=O)NCc1ccc(-c2ccccc2)cc1. The molecule has 3 atom stereocenters. The van der Waals surface area contributed by atoms with Crippen LogP contribution in [0, 0.1) is 27.6 Å². The normalized spacial score (nSPS) is 20.0. The van der Waals surface area contributed by atoms with E-state index in [1.807, 2.05) is 75.4 Å². The second-order valence-electron chi connectivity index (χ2n) is 19.5. The molecule has 0 bridgehead atoms. The van der Waals surface area contributed by atoms with E-state index in [1.54, 1.807) is 42.5 Å². The van der Waals surface area contributed by atoms with Crippen molar-refractivity contribution in [1.82, 2.24) is 20.9 Å². The number of unbranched alkanes of at least 4 members (excludes halogenated alkanes) is 1. The Labute approximate surface area is 393 Å². The van der Waals surface area contributed by atoms with Crippen molar-refractivity contribution in [1.29, 1.82) is 5.26 Å². The van der Waals surface area contributed by atoms with Crippen molar-refractivity contribution in [3.8, 4) is 28.7 Å². The van der Waals surface area contributed by atoms with Crippen molar-refractivity contribution in [2.75, 3.05) is 26.4 Å². The molecule has 0 aromatic heterocycles. The minimum atomic E-state index is -0.962. The second-order valence-corrected chi connectivity index (χ2v) is 19.9. The molecule has 1 aliphatic heterocycles. The molecule has 6 rings (SSSR count). The van der Waals surface area contributed by atoms with Crippen molar-refractivity contribution >= 4 is 35.2 Å². The predicted molar refractivity (Wildman–Crippen MR) is 253 cm³/mol. The van der Waals surface area contributed by atoms with Gasteiger partial charge < -0.3 is 40.2 Å². The van der Waals surface area contributed by atoms with Gasteiger partial charge in [0.25, 0.3) is 5.91 Å². The number of carbonyl (C=O) groups excluding carboxylic acids is 4. The van der Waals surface area contributed by atoms with Crippen LogP contribution in [0.3, 0.4) is 0 Å². The number of ether oxygens (including phenoxy) is 3. The minimum absolute atomic E-state index is 0.0162. The monoisotopic (exact) mass is 919 g/mol. The zero-order valence-electron chi connectivity index (χ0n) is 38.9. The first kappa shape index (κ1) is 49.5. The Balaban J connectivity index is 0.895. The molecule has 4 amide bonds. The standard InChI is InChI=1S/C52H62ClN5O8/c1-50(2,3)44(47(63)58-31-38(59)27-42(58)46(62)55-30-33-15-17-35(18-16-33)34-13-9-8-10-14-34)56-43(60)32-64-25-11-12-26-65-39-22-19-36(20-23-39)45(61)57-48-51(4,5)49(52(48,6)7)66-40-24-21-37(29-54)41(53)28-40/h8-10,13-24,28,38,42,44,48-49,59H,11-12,25-27,30-32H2,1-7H3,(H,55,62)(H,56,60)(H,57,61)/t38-,42+,44-,48-,49-/m1/s1. The van der Waals surface area contributed by atoms with E-state index in [1.165, 1.54) is 4.90 Å². The van der Waals surface area contributed by atoms with E-state index in [2.05, 4.69) is 49.7 Å². The highest BCUT2D eigenvalue weighted by Gasteiger charge is 2.64. The third kappa shape index (κ3) is 11.9. The summed E-state index contributed by atoms with van der Waals surface area (Å²) in [5.41, 5.74) is 2.44. The van der Waals surface area contributed by atoms with E-state index < -0.39 is 46.2 Å². The number of halogens is 1. The molecular weight excluding hydrogens is 858 g/mol. The van der Waals surface area contributed by atoms with Gasteiger partial charge in [-0.05, 0) is 71.3 Å². The molecule has 2 fully saturated rings. The van der Waals surface area contributed by atoms with Crippen LogP contribution < -0.4 is 25.4 Å². The molecule has 1 heterocycles. The van der Waals surface area contributed by atoms with E-state index in [0.717, 1.165) is 16.7 Å². The van der Waals surface area contributed by atoms with Gasteiger partial charge in [-0.1, -0.05) is 115 Å². The number of benzene rings is 4. The Morgan fingerprint density at radius 2 is 1.52 bits per heavy atom. The lowest BCUT2D eigenvalue weighted by Crippen LogP contribution is -2.74. The topological polar surface area (TPSA) is 179 Å². The third-order valence-corrected chi connectivity index (χ3v) is 12.9. The molecule has 1 saturated carbocycles. The molecular formula is C52H62ClN5O8. The van der Waals surface area contributed by atoms with Gasteiger partial charge in [-0.25, -0.2) is 0 Å². The molecule has 13 nitrogen and oxygen atoms in total. The number of carbonyl (C=O) groups is 4. The zero-order valence-corrected chi connectivity index (χ0v) is 39.6. The summed E-state index contributed by atoms with van der Waals surface area (Å²) in [4.78, 5) is 55.2. The summed E-state index contributed by atoms with van der Waals surface area (Å²) in [6, 6.07) is 29.9. The lowest BCUT2D eigenvalue weighted by Gasteiger charge is -2.63. The molecule has 14 heteroatoms. The maximum absolute atomic E-state index is 14.0. The maximum Gasteiger partial charge on any atom is 0.251 e. The molecule has 4 aromatic rings. The molecule has 350 valence electrons. The first-order chi connectivity index (χ1) is 31.3. The average Bonchev–Trinajstić information content (AvgIpc) is 3.69.